The molecule has 0 saturated carbocycles. The second-order valence-corrected chi connectivity index (χ2v) is 3.99. The van der Waals surface area contributed by atoms with Crippen LogP contribution in [-0.2, 0) is 0 Å². The van der Waals surface area contributed by atoms with E-state index in [4.69, 9.17) is 10.9 Å². The maximum absolute atomic E-state index is 8.57. The molecule has 0 aliphatic heterocycles. The van der Waals surface area contributed by atoms with E-state index >= 15 is 0 Å². The molecule has 88 valence electrons. The molecule has 0 aliphatic carbocycles. The SMILES string of the molecule is Cc1ccccc1[C@H](C)NC(C)/C(N)=N/O. The van der Waals surface area contributed by atoms with Gasteiger partial charge in [0, 0.05) is 6.04 Å². The first-order valence-electron chi connectivity index (χ1n) is 5.35. The number of nitrogens with two attached hydrogens (primary N) is 1. The molecule has 16 heavy (non-hydrogen) atoms. The molecule has 0 bridgehead atoms. The van der Waals surface area contributed by atoms with Gasteiger partial charge in [-0.2, -0.15) is 0 Å². The number of rotatable bonds is 4. The molecular weight excluding hydrogens is 202 g/mol. The van der Waals surface area contributed by atoms with Crippen LogP contribution in [0.3, 0.4) is 0 Å². The Morgan fingerprint density at radius 1 is 1.38 bits per heavy atom. The first-order chi connectivity index (χ1) is 7.56. The average molecular weight is 221 g/mol. The van der Waals surface area contributed by atoms with Crippen molar-refractivity contribution >= 4 is 5.84 Å². The second-order valence-electron chi connectivity index (χ2n) is 3.99. The molecule has 0 radical (unpaired) electrons. The van der Waals surface area contributed by atoms with E-state index in [1.54, 1.807) is 0 Å². The molecule has 1 aromatic rings. The summed E-state index contributed by atoms with van der Waals surface area (Å²) >= 11 is 0. The molecule has 4 heteroatoms. The summed E-state index contributed by atoms with van der Waals surface area (Å²) in [6, 6.07) is 8.18. The van der Waals surface area contributed by atoms with Crippen molar-refractivity contribution in [3.05, 3.63) is 35.4 Å². The standard InChI is InChI=1S/C12H19N3O/c1-8-6-4-5-7-11(8)9(2)14-10(3)12(13)15-16/h4-7,9-10,14,16H,1-3H3,(H2,13,15)/t9-,10?/m0/s1. The number of amidine groups is 1. The lowest BCUT2D eigenvalue weighted by atomic mass is 10.0. The van der Waals surface area contributed by atoms with Crippen LogP contribution in [0.15, 0.2) is 29.4 Å². The maximum Gasteiger partial charge on any atom is 0.156 e. The van der Waals surface area contributed by atoms with Gasteiger partial charge < -0.3 is 16.3 Å². The predicted octanol–water partition coefficient (Wildman–Crippen LogP) is 1.78. The van der Waals surface area contributed by atoms with Crippen LogP contribution in [0.4, 0.5) is 0 Å². The molecule has 1 aromatic carbocycles. The Morgan fingerprint density at radius 2 is 2.00 bits per heavy atom. The minimum absolute atomic E-state index is 0.153. The van der Waals surface area contributed by atoms with Crippen LogP contribution in [0.2, 0.25) is 0 Å². The molecule has 0 heterocycles. The number of hydrogen-bond donors (Lipinski definition) is 3. The van der Waals surface area contributed by atoms with E-state index < -0.39 is 0 Å². The van der Waals surface area contributed by atoms with Gasteiger partial charge in [-0.05, 0) is 31.9 Å². The Morgan fingerprint density at radius 3 is 2.56 bits per heavy atom. The van der Waals surface area contributed by atoms with Crippen molar-refractivity contribution in [3.63, 3.8) is 0 Å². The van der Waals surface area contributed by atoms with E-state index in [1.807, 2.05) is 19.1 Å². The van der Waals surface area contributed by atoms with Crippen LogP contribution < -0.4 is 11.1 Å². The minimum atomic E-state index is -0.153. The van der Waals surface area contributed by atoms with Crippen LogP contribution in [0.25, 0.3) is 0 Å². The van der Waals surface area contributed by atoms with Gasteiger partial charge in [-0.1, -0.05) is 29.4 Å². The molecule has 1 rings (SSSR count). The Kier molecular flexibility index (Phi) is 4.31. The zero-order valence-corrected chi connectivity index (χ0v) is 9.94. The number of benzene rings is 1. The van der Waals surface area contributed by atoms with E-state index in [9.17, 15) is 0 Å². The first-order valence-corrected chi connectivity index (χ1v) is 5.35. The fourth-order valence-electron chi connectivity index (χ4n) is 1.71. The third kappa shape index (κ3) is 2.97. The summed E-state index contributed by atoms with van der Waals surface area (Å²) in [4.78, 5) is 0. The van der Waals surface area contributed by atoms with E-state index in [0.29, 0.717) is 0 Å². The van der Waals surface area contributed by atoms with Crippen molar-refractivity contribution in [3.8, 4) is 0 Å². The number of nitrogens with one attached hydrogen (secondary N) is 1. The van der Waals surface area contributed by atoms with Gasteiger partial charge in [-0.25, -0.2) is 0 Å². The zero-order chi connectivity index (χ0) is 12.1. The molecule has 2 atom stereocenters. The lowest BCUT2D eigenvalue weighted by Crippen LogP contribution is -2.40. The van der Waals surface area contributed by atoms with Crippen molar-refractivity contribution < 1.29 is 5.21 Å². The third-order valence-corrected chi connectivity index (χ3v) is 2.71. The Hall–Kier alpha value is -1.55. The highest BCUT2D eigenvalue weighted by Crippen LogP contribution is 2.16. The van der Waals surface area contributed by atoms with Gasteiger partial charge in [0.2, 0.25) is 0 Å². The van der Waals surface area contributed by atoms with Gasteiger partial charge in [0.15, 0.2) is 5.84 Å². The summed E-state index contributed by atoms with van der Waals surface area (Å²) in [5.41, 5.74) is 7.97. The Bertz CT molecular complexity index is 376. The highest BCUT2D eigenvalue weighted by atomic mass is 16.4. The summed E-state index contributed by atoms with van der Waals surface area (Å²) in [6.07, 6.45) is 0. The van der Waals surface area contributed by atoms with Crippen molar-refractivity contribution in [1.82, 2.24) is 5.32 Å². The van der Waals surface area contributed by atoms with Crippen molar-refractivity contribution in [2.45, 2.75) is 32.9 Å². The molecule has 0 fully saturated rings. The maximum atomic E-state index is 8.57. The van der Waals surface area contributed by atoms with Gasteiger partial charge in [0.1, 0.15) is 0 Å². The van der Waals surface area contributed by atoms with Gasteiger partial charge in [0.05, 0.1) is 6.04 Å². The van der Waals surface area contributed by atoms with E-state index in [2.05, 4.69) is 36.5 Å². The van der Waals surface area contributed by atoms with Crippen LogP contribution in [-0.4, -0.2) is 17.1 Å². The van der Waals surface area contributed by atoms with Gasteiger partial charge in [-0.3, -0.25) is 0 Å². The number of nitrogens with zero attached hydrogens (tertiary/aromatic N) is 1. The van der Waals surface area contributed by atoms with Crippen LogP contribution in [0.5, 0.6) is 0 Å². The number of hydrogen-bond acceptors (Lipinski definition) is 3. The molecule has 0 aliphatic rings. The highest BCUT2D eigenvalue weighted by Gasteiger charge is 2.13. The number of aryl methyl sites for hydroxylation is 1. The van der Waals surface area contributed by atoms with E-state index in [-0.39, 0.29) is 17.9 Å². The number of oxime groups is 1. The Labute approximate surface area is 96.2 Å². The van der Waals surface area contributed by atoms with Gasteiger partial charge in [0.25, 0.3) is 0 Å². The predicted molar refractivity (Wildman–Crippen MR) is 65.6 cm³/mol. The summed E-state index contributed by atoms with van der Waals surface area (Å²) < 4.78 is 0. The molecule has 0 amide bonds. The minimum Gasteiger partial charge on any atom is -0.409 e. The highest BCUT2D eigenvalue weighted by molar-refractivity contribution is 5.84. The summed E-state index contributed by atoms with van der Waals surface area (Å²) in [5, 5.41) is 14.8. The third-order valence-electron chi connectivity index (χ3n) is 2.71. The fourth-order valence-corrected chi connectivity index (χ4v) is 1.71. The second kappa shape index (κ2) is 5.51. The van der Waals surface area contributed by atoms with Crippen LogP contribution >= 0.6 is 0 Å². The summed E-state index contributed by atoms with van der Waals surface area (Å²) in [7, 11) is 0. The fraction of sp³-hybridized carbons (Fsp3) is 0.417. The zero-order valence-electron chi connectivity index (χ0n) is 9.94. The lowest BCUT2D eigenvalue weighted by molar-refractivity contribution is 0.314. The largest absolute Gasteiger partial charge is 0.409 e. The van der Waals surface area contributed by atoms with Gasteiger partial charge >= 0.3 is 0 Å². The lowest BCUT2D eigenvalue weighted by Gasteiger charge is -2.20. The molecule has 4 nitrogen and oxygen atoms in total. The van der Waals surface area contributed by atoms with Crippen molar-refractivity contribution in [2.24, 2.45) is 10.9 Å². The van der Waals surface area contributed by atoms with E-state index in [0.717, 1.165) is 0 Å². The summed E-state index contributed by atoms with van der Waals surface area (Å²) in [6.45, 7) is 6.00. The molecular formula is C12H19N3O. The smallest absolute Gasteiger partial charge is 0.156 e. The monoisotopic (exact) mass is 221 g/mol. The average Bonchev–Trinajstić information content (AvgIpc) is 2.28. The van der Waals surface area contributed by atoms with E-state index in [1.165, 1.54) is 11.1 Å². The van der Waals surface area contributed by atoms with Crippen molar-refractivity contribution in [2.75, 3.05) is 0 Å². The molecule has 1 unspecified atom stereocenters. The molecule has 0 saturated heterocycles. The normalized spacial score (nSPS) is 15.8. The summed E-state index contributed by atoms with van der Waals surface area (Å²) in [5.74, 6) is 0.195. The Balaban J connectivity index is 2.73. The van der Waals surface area contributed by atoms with Crippen LogP contribution in [0.1, 0.15) is 31.0 Å². The van der Waals surface area contributed by atoms with Gasteiger partial charge in [-0.15, -0.1) is 0 Å². The topological polar surface area (TPSA) is 70.6 Å². The quantitative estimate of drug-likeness (QED) is 0.314. The van der Waals surface area contributed by atoms with Crippen molar-refractivity contribution in [1.29, 1.82) is 0 Å². The molecule has 4 N–H and O–H groups in total. The first kappa shape index (κ1) is 12.5. The molecule has 0 spiro atoms. The van der Waals surface area contributed by atoms with Crippen LogP contribution in [0, 0.1) is 6.92 Å². The molecule has 0 aromatic heterocycles.